The second-order valence-electron chi connectivity index (χ2n) is 13.7. The Labute approximate surface area is 279 Å². The minimum absolute atomic E-state index is 0.227. The number of carboxylic acid groups (broad SMARTS) is 1. The van der Waals surface area contributed by atoms with Crippen LogP contribution >= 0.6 is 0 Å². The lowest BCUT2D eigenvalue weighted by atomic mass is 10.1. The van der Waals surface area contributed by atoms with E-state index in [0.717, 1.165) is 29.4 Å². The van der Waals surface area contributed by atoms with Crippen molar-refractivity contribution in [3.63, 3.8) is 0 Å². The third-order valence-corrected chi connectivity index (χ3v) is 8.13. The lowest BCUT2D eigenvalue weighted by Crippen LogP contribution is -2.23. The summed E-state index contributed by atoms with van der Waals surface area (Å²) >= 11 is 0. The average molecular weight is 669 g/mol. The number of rotatable bonds is 7. The summed E-state index contributed by atoms with van der Waals surface area (Å²) in [5.41, 5.74) is -1.83. The van der Waals surface area contributed by atoms with Gasteiger partial charge in [0.05, 0.1) is 22.4 Å². The molecule has 0 bridgehead atoms. The van der Waals surface area contributed by atoms with Gasteiger partial charge in [0.1, 0.15) is 34.1 Å². The van der Waals surface area contributed by atoms with Gasteiger partial charge in [-0.15, -0.1) is 0 Å². The van der Waals surface area contributed by atoms with Crippen molar-refractivity contribution in [2.45, 2.75) is 100.0 Å². The highest BCUT2D eigenvalue weighted by Crippen LogP contribution is 2.35. The van der Waals surface area contributed by atoms with Crippen molar-refractivity contribution in [2.75, 3.05) is 0 Å². The van der Waals surface area contributed by atoms with E-state index in [0.29, 0.717) is 12.1 Å². The highest BCUT2D eigenvalue weighted by atomic mass is 32.2. The molecule has 0 aliphatic rings. The molecule has 0 saturated heterocycles. The zero-order valence-electron chi connectivity index (χ0n) is 28.3. The van der Waals surface area contributed by atoms with Gasteiger partial charge in [-0.1, -0.05) is 12.1 Å². The molecule has 0 fully saturated rings. The molecule has 9 heteroatoms. The fraction of sp³-hybridized carbons (Fsp3) is 0.342. The van der Waals surface area contributed by atoms with Crippen LogP contribution in [0.2, 0.25) is 0 Å². The smallest absolute Gasteiger partial charge is 0.416 e. The van der Waals surface area contributed by atoms with E-state index in [1.165, 1.54) is 14.7 Å². The number of alkyl halides is 3. The van der Waals surface area contributed by atoms with Crippen LogP contribution in [0.4, 0.5) is 13.2 Å². The maximum atomic E-state index is 12.0. The topological polar surface area (TPSA) is 67.8 Å². The summed E-state index contributed by atoms with van der Waals surface area (Å²) < 4.78 is 54.0. The predicted octanol–water partition coefficient (Wildman–Crippen LogP) is 9.38. The van der Waals surface area contributed by atoms with Crippen molar-refractivity contribution < 1.29 is 37.3 Å². The predicted molar refractivity (Wildman–Crippen MR) is 178 cm³/mol. The summed E-state index contributed by atoms with van der Waals surface area (Å²) in [6.45, 7) is 18.6. The van der Waals surface area contributed by atoms with Gasteiger partial charge in [-0.3, -0.25) is 0 Å². The minimum atomic E-state index is -4.44. The highest BCUT2D eigenvalue weighted by molar-refractivity contribution is 7.97. The lowest BCUT2D eigenvalue weighted by molar-refractivity contribution is -0.255. The fourth-order valence-corrected chi connectivity index (χ4v) is 6.24. The number of carboxylic acids is 1. The number of hydrogen-bond donors (Lipinski definition) is 0. The van der Waals surface area contributed by atoms with Crippen LogP contribution in [0, 0.1) is 0 Å². The second-order valence-corrected chi connectivity index (χ2v) is 15.8. The summed E-state index contributed by atoms with van der Waals surface area (Å²) in [4.78, 5) is 13.9. The Morgan fingerprint density at radius 3 is 1.00 bits per heavy atom. The maximum Gasteiger partial charge on any atom is 0.416 e. The number of ether oxygens (including phenoxy) is 3. The van der Waals surface area contributed by atoms with Crippen LogP contribution in [0.15, 0.2) is 112 Å². The number of carbonyl (C=O) groups is 1. The molecule has 5 nitrogen and oxygen atoms in total. The van der Waals surface area contributed by atoms with Crippen molar-refractivity contribution in [3.05, 3.63) is 108 Å². The van der Waals surface area contributed by atoms with Crippen molar-refractivity contribution >= 4 is 16.9 Å². The van der Waals surface area contributed by atoms with Crippen LogP contribution in [0.1, 0.15) is 78.2 Å². The molecule has 4 aromatic carbocycles. The Hall–Kier alpha value is -4.11. The first-order chi connectivity index (χ1) is 21.6. The third-order valence-electron chi connectivity index (χ3n) is 5.90. The SMILES string of the molecule is CC(C)(C)Oc1ccc([S+](c2ccc(OC(C)(C)C)cc2)c2ccc(OC(C)(C)C)cc2)cc1.O=C([O-])c1ccc(C(F)(F)F)cc1. The van der Waals surface area contributed by atoms with Gasteiger partial charge in [0.25, 0.3) is 0 Å². The molecule has 0 radical (unpaired) electrons. The zero-order valence-corrected chi connectivity index (χ0v) is 29.1. The monoisotopic (exact) mass is 668 g/mol. The van der Waals surface area contributed by atoms with Gasteiger partial charge in [-0.25, -0.2) is 0 Å². The molecule has 4 aromatic rings. The van der Waals surface area contributed by atoms with Gasteiger partial charge < -0.3 is 24.1 Å². The van der Waals surface area contributed by atoms with Gasteiger partial charge in [-0.2, -0.15) is 13.2 Å². The average Bonchev–Trinajstić information content (AvgIpc) is 2.93. The molecule has 0 heterocycles. The second kappa shape index (κ2) is 14.8. The van der Waals surface area contributed by atoms with Crippen LogP contribution in [0.3, 0.4) is 0 Å². The van der Waals surface area contributed by atoms with E-state index in [2.05, 4.69) is 135 Å². The first kappa shape index (κ1) is 37.3. The van der Waals surface area contributed by atoms with E-state index in [1.54, 1.807) is 0 Å². The van der Waals surface area contributed by atoms with Crippen molar-refractivity contribution in [2.24, 2.45) is 0 Å². The van der Waals surface area contributed by atoms with E-state index in [9.17, 15) is 23.1 Å². The van der Waals surface area contributed by atoms with Gasteiger partial charge in [0.2, 0.25) is 0 Å². The standard InChI is InChI=1S/C30H39O3S.C8H5F3O2/c1-28(2,3)31-22-10-16-25(17-11-22)34(26-18-12-23(13-19-26)32-29(4,5)6)27-20-14-24(15-21-27)33-30(7,8)9;9-8(10,11)6-3-1-5(2-4-6)7(12)13/h10-21H,1-9H3;1-4H,(H,12,13)/q+1;/p-1. The van der Waals surface area contributed by atoms with E-state index in [1.807, 2.05) is 0 Å². The Kier molecular flexibility index (Phi) is 11.7. The van der Waals surface area contributed by atoms with Crippen LogP contribution in [0.5, 0.6) is 17.2 Å². The zero-order chi connectivity index (χ0) is 35.2. The van der Waals surface area contributed by atoms with Crippen LogP contribution < -0.4 is 19.3 Å². The molecule has 252 valence electrons. The van der Waals surface area contributed by atoms with Crippen LogP contribution in [-0.2, 0) is 17.1 Å². The Morgan fingerprint density at radius 2 is 0.787 bits per heavy atom. The summed E-state index contributed by atoms with van der Waals surface area (Å²) in [7, 11) is -0.276. The van der Waals surface area contributed by atoms with Gasteiger partial charge >= 0.3 is 6.18 Å². The van der Waals surface area contributed by atoms with Crippen LogP contribution in [-0.4, -0.2) is 22.8 Å². The summed E-state index contributed by atoms with van der Waals surface area (Å²) in [6.07, 6.45) is -4.44. The number of carbonyl (C=O) groups excluding carboxylic acids is 1. The van der Waals surface area contributed by atoms with Crippen molar-refractivity contribution in [1.29, 1.82) is 0 Å². The normalized spacial score (nSPS) is 12.2. The largest absolute Gasteiger partial charge is 0.545 e. The molecule has 4 rings (SSSR count). The highest BCUT2D eigenvalue weighted by Gasteiger charge is 2.31. The first-order valence-electron chi connectivity index (χ1n) is 15.1. The molecule has 0 aliphatic heterocycles. The fourth-order valence-electron chi connectivity index (χ4n) is 4.20. The quantitative estimate of drug-likeness (QED) is 0.184. The molecule has 0 aromatic heterocycles. The number of aromatic carboxylic acids is 1. The minimum Gasteiger partial charge on any atom is -0.545 e. The molecule has 0 unspecified atom stereocenters. The maximum absolute atomic E-state index is 12.0. The number of hydrogen-bond acceptors (Lipinski definition) is 5. The van der Waals surface area contributed by atoms with E-state index < -0.39 is 17.7 Å². The molecule has 47 heavy (non-hydrogen) atoms. The number of benzene rings is 4. The molecule has 0 aliphatic carbocycles. The van der Waals surface area contributed by atoms with Crippen LogP contribution in [0.25, 0.3) is 0 Å². The van der Waals surface area contributed by atoms with Gasteiger partial charge in [0.15, 0.2) is 14.7 Å². The molecule has 0 saturated carbocycles. The van der Waals surface area contributed by atoms with E-state index in [4.69, 9.17) is 14.2 Å². The van der Waals surface area contributed by atoms with Gasteiger partial charge in [-0.05, 0) is 153 Å². The Morgan fingerprint density at radius 1 is 0.511 bits per heavy atom. The van der Waals surface area contributed by atoms with E-state index in [-0.39, 0.29) is 33.3 Å². The Balaban J connectivity index is 0.000000386. The third kappa shape index (κ3) is 12.5. The summed E-state index contributed by atoms with van der Waals surface area (Å²) in [5, 5.41) is 10.2. The molecular formula is C38H43F3O5S. The molecule has 0 amide bonds. The molecule has 0 N–H and O–H groups in total. The van der Waals surface area contributed by atoms with Crippen molar-refractivity contribution in [3.8, 4) is 17.2 Å². The lowest BCUT2D eigenvalue weighted by Gasteiger charge is -2.22. The van der Waals surface area contributed by atoms with E-state index >= 15 is 0 Å². The molecular weight excluding hydrogens is 625 g/mol. The summed E-state index contributed by atoms with van der Waals surface area (Å²) in [5.74, 6) is 1.14. The number of halogens is 3. The van der Waals surface area contributed by atoms with Crippen molar-refractivity contribution in [1.82, 2.24) is 0 Å². The molecule has 0 atom stereocenters. The molecule has 0 spiro atoms. The Bertz CT molecular complexity index is 1440. The summed E-state index contributed by atoms with van der Waals surface area (Å²) in [6, 6.07) is 28.5. The van der Waals surface area contributed by atoms with Gasteiger partial charge in [0, 0.05) is 0 Å². The first-order valence-corrected chi connectivity index (χ1v) is 16.3.